The van der Waals surface area contributed by atoms with Crippen LogP contribution in [0.3, 0.4) is 0 Å². The number of aryl methyl sites for hydroxylation is 1. The lowest BCUT2D eigenvalue weighted by Crippen LogP contribution is -2.25. The molecule has 0 radical (unpaired) electrons. The molecule has 6 heteroatoms. The summed E-state index contributed by atoms with van der Waals surface area (Å²) in [6, 6.07) is 7.62. The second-order valence-electron chi connectivity index (χ2n) is 4.16. The molecule has 0 spiro atoms. The van der Waals surface area contributed by atoms with E-state index in [1.54, 1.807) is 6.92 Å². The molecule has 1 aromatic carbocycles. The van der Waals surface area contributed by atoms with Gasteiger partial charge in [-0.25, -0.2) is 0 Å². The Labute approximate surface area is 111 Å². The summed E-state index contributed by atoms with van der Waals surface area (Å²) < 4.78 is 4.91. The van der Waals surface area contributed by atoms with Crippen molar-refractivity contribution < 1.29 is 9.32 Å². The third kappa shape index (κ3) is 3.62. The number of nitrogens with zero attached hydrogens (tertiary/aromatic N) is 2. The van der Waals surface area contributed by atoms with Gasteiger partial charge >= 0.3 is 0 Å². The molecule has 2 aromatic rings. The molecule has 0 aliphatic carbocycles. The van der Waals surface area contributed by atoms with Crippen LogP contribution < -0.4 is 11.1 Å². The standard InChI is InChI=1S/C13H16N4O2/c1-9-16-13(19-17-9)8-15-12(18)6-10-4-2-3-5-11(10)7-14/h2-5H,6-8,14H2,1H3,(H,15,18). The predicted molar refractivity (Wildman–Crippen MR) is 68.9 cm³/mol. The molecule has 0 aliphatic heterocycles. The highest BCUT2D eigenvalue weighted by Crippen LogP contribution is 2.08. The molecule has 1 aromatic heterocycles. The highest BCUT2D eigenvalue weighted by Gasteiger charge is 2.08. The van der Waals surface area contributed by atoms with Gasteiger partial charge in [0.15, 0.2) is 5.82 Å². The number of nitrogens with two attached hydrogens (primary N) is 1. The van der Waals surface area contributed by atoms with E-state index in [0.29, 0.717) is 24.7 Å². The van der Waals surface area contributed by atoms with Crippen molar-refractivity contribution in [1.29, 1.82) is 0 Å². The van der Waals surface area contributed by atoms with E-state index >= 15 is 0 Å². The van der Waals surface area contributed by atoms with Gasteiger partial charge in [0.05, 0.1) is 13.0 Å². The molecule has 0 bridgehead atoms. The Kier molecular flexibility index (Phi) is 4.25. The van der Waals surface area contributed by atoms with Crippen molar-refractivity contribution in [3.05, 3.63) is 47.1 Å². The molecular weight excluding hydrogens is 244 g/mol. The summed E-state index contributed by atoms with van der Waals surface area (Å²) in [5.41, 5.74) is 7.54. The Morgan fingerprint density at radius 1 is 1.37 bits per heavy atom. The number of benzene rings is 1. The van der Waals surface area contributed by atoms with Crippen LogP contribution in [-0.4, -0.2) is 16.0 Å². The molecule has 2 rings (SSSR count). The van der Waals surface area contributed by atoms with Crippen LogP contribution in [0, 0.1) is 6.92 Å². The smallest absolute Gasteiger partial charge is 0.246 e. The van der Waals surface area contributed by atoms with Crippen LogP contribution in [0.15, 0.2) is 28.8 Å². The van der Waals surface area contributed by atoms with Gasteiger partial charge in [-0.1, -0.05) is 29.4 Å². The second-order valence-corrected chi connectivity index (χ2v) is 4.16. The molecule has 1 amide bonds. The van der Waals surface area contributed by atoms with Gasteiger partial charge in [-0.2, -0.15) is 4.98 Å². The van der Waals surface area contributed by atoms with Crippen LogP contribution in [0.1, 0.15) is 22.8 Å². The zero-order chi connectivity index (χ0) is 13.7. The van der Waals surface area contributed by atoms with Gasteiger partial charge in [0.2, 0.25) is 11.8 Å². The molecule has 0 fully saturated rings. The fraction of sp³-hybridized carbons (Fsp3) is 0.308. The third-order valence-electron chi connectivity index (χ3n) is 2.70. The summed E-state index contributed by atoms with van der Waals surface area (Å²) in [4.78, 5) is 15.8. The number of rotatable bonds is 5. The van der Waals surface area contributed by atoms with Crippen LogP contribution in [0.4, 0.5) is 0 Å². The number of carbonyl (C=O) groups excluding carboxylic acids is 1. The first-order valence-electron chi connectivity index (χ1n) is 6.02. The van der Waals surface area contributed by atoms with Gasteiger partial charge in [-0.15, -0.1) is 0 Å². The lowest BCUT2D eigenvalue weighted by Gasteiger charge is -2.07. The minimum atomic E-state index is -0.100. The van der Waals surface area contributed by atoms with E-state index in [4.69, 9.17) is 10.3 Å². The first-order chi connectivity index (χ1) is 9.19. The van der Waals surface area contributed by atoms with Crippen molar-refractivity contribution in [3.63, 3.8) is 0 Å². The van der Waals surface area contributed by atoms with Gasteiger partial charge in [0, 0.05) is 6.54 Å². The molecule has 0 aliphatic rings. The van der Waals surface area contributed by atoms with E-state index in [2.05, 4.69) is 15.5 Å². The summed E-state index contributed by atoms with van der Waals surface area (Å²) in [6.45, 7) is 2.39. The maximum Gasteiger partial charge on any atom is 0.246 e. The molecule has 0 atom stereocenters. The third-order valence-corrected chi connectivity index (χ3v) is 2.70. The van der Waals surface area contributed by atoms with Gasteiger partial charge in [-0.05, 0) is 18.1 Å². The number of amides is 1. The minimum absolute atomic E-state index is 0.100. The summed E-state index contributed by atoms with van der Waals surface area (Å²) in [5, 5.41) is 6.39. The highest BCUT2D eigenvalue weighted by atomic mass is 16.5. The van der Waals surface area contributed by atoms with Crippen LogP contribution in [0.2, 0.25) is 0 Å². The van der Waals surface area contributed by atoms with Gasteiger partial charge in [0.25, 0.3) is 0 Å². The van der Waals surface area contributed by atoms with Crippen LogP contribution >= 0.6 is 0 Å². The maximum absolute atomic E-state index is 11.8. The quantitative estimate of drug-likeness (QED) is 0.825. The Balaban J connectivity index is 1.90. The molecule has 3 N–H and O–H groups in total. The van der Waals surface area contributed by atoms with Crippen LogP contribution in [0.5, 0.6) is 0 Å². The monoisotopic (exact) mass is 260 g/mol. The van der Waals surface area contributed by atoms with Gasteiger partial charge in [-0.3, -0.25) is 4.79 Å². The number of hydrogen-bond acceptors (Lipinski definition) is 5. The fourth-order valence-corrected chi connectivity index (χ4v) is 1.75. The SMILES string of the molecule is Cc1noc(CNC(=O)Cc2ccccc2CN)n1. The number of carbonyl (C=O) groups is 1. The summed E-state index contributed by atoms with van der Waals surface area (Å²) >= 11 is 0. The predicted octanol–water partition coefficient (Wildman–Crippen LogP) is 0.696. The Hall–Kier alpha value is -2.21. The van der Waals surface area contributed by atoms with Crippen molar-refractivity contribution in [2.75, 3.05) is 0 Å². The maximum atomic E-state index is 11.8. The molecular formula is C13H16N4O2. The van der Waals surface area contributed by atoms with Crippen molar-refractivity contribution in [1.82, 2.24) is 15.5 Å². The normalized spacial score (nSPS) is 10.4. The topological polar surface area (TPSA) is 94.0 Å². The number of aromatic nitrogens is 2. The van der Waals surface area contributed by atoms with E-state index in [1.165, 1.54) is 0 Å². The summed E-state index contributed by atoms with van der Waals surface area (Å²) in [6.07, 6.45) is 0.292. The number of hydrogen-bond donors (Lipinski definition) is 2. The summed E-state index contributed by atoms with van der Waals surface area (Å²) in [5.74, 6) is 0.854. The van der Waals surface area contributed by atoms with E-state index < -0.39 is 0 Å². The average molecular weight is 260 g/mol. The van der Waals surface area contributed by atoms with E-state index in [1.807, 2.05) is 24.3 Å². The molecule has 100 valence electrons. The molecule has 0 unspecified atom stereocenters. The summed E-state index contributed by atoms with van der Waals surface area (Å²) in [7, 11) is 0. The van der Waals surface area contributed by atoms with Crippen molar-refractivity contribution >= 4 is 5.91 Å². The second kappa shape index (κ2) is 6.10. The zero-order valence-corrected chi connectivity index (χ0v) is 10.7. The average Bonchev–Trinajstić information content (AvgIpc) is 2.83. The van der Waals surface area contributed by atoms with E-state index in [-0.39, 0.29) is 12.5 Å². The molecule has 0 saturated heterocycles. The molecule has 6 nitrogen and oxygen atoms in total. The largest absolute Gasteiger partial charge is 0.347 e. The van der Waals surface area contributed by atoms with Crippen molar-refractivity contribution in [2.24, 2.45) is 5.73 Å². The molecule has 19 heavy (non-hydrogen) atoms. The highest BCUT2D eigenvalue weighted by molar-refractivity contribution is 5.78. The Bertz CT molecular complexity index is 565. The van der Waals surface area contributed by atoms with Crippen molar-refractivity contribution in [3.8, 4) is 0 Å². The fourth-order valence-electron chi connectivity index (χ4n) is 1.75. The van der Waals surface area contributed by atoms with Crippen LogP contribution in [-0.2, 0) is 24.3 Å². The first-order valence-corrected chi connectivity index (χ1v) is 6.02. The molecule has 0 saturated carbocycles. The lowest BCUT2D eigenvalue weighted by atomic mass is 10.0. The van der Waals surface area contributed by atoms with E-state index in [9.17, 15) is 4.79 Å². The lowest BCUT2D eigenvalue weighted by molar-refractivity contribution is -0.120. The Morgan fingerprint density at radius 3 is 2.74 bits per heavy atom. The van der Waals surface area contributed by atoms with Crippen molar-refractivity contribution in [2.45, 2.75) is 26.4 Å². The molecule has 1 heterocycles. The minimum Gasteiger partial charge on any atom is -0.347 e. The van der Waals surface area contributed by atoms with Gasteiger partial charge < -0.3 is 15.6 Å². The van der Waals surface area contributed by atoms with Gasteiger partial charge in [0.1, 0.15) is 0 Å². The van der Waals surface area contributed by atoms with Crippen LogP contribution in [0.25, 0.3) is 0 Å². The Morgan fingerprint density at radius 2 is 2.11 bits per heavy atom. The van der Waals surface area contributed by atoms with E-state index in [0.717, 1.165) is 11.1 Å². The first kappa shape index (κ1) is 13.2. The number of nitrogens with one attached hydrogen (secondary N) is 1. The zero-order valence-electron chi connectivity index (χ0n) is 10.7.